The number of fused-ring (bicyclic) bond motifs is 1. The summed E-state index contributed by atoms with van der Waals surface area (Å²) in [5.41, 5.74) is 1.97. The third kappa shape index (κ3) is 3.97. The van der Waals surface area contributed by atoms with Crippen LogP contribution in [0.3, 0.4) is 0 Å². The Bertz CT molecular complexity index is 727. The fraction of sp³-hybridized carbons (Fsp3) is 0.571. The van der Waals surface area contributed by atoms with Gasteiger partial charge in [-0.1, -0.05) is 20.8 Å². The van der Waals surface area contributed by atoms with Crippen molar-refractivity contribution in [1.82, 2.24) is 0 Å². The Kier molecular flexibility index (Phi) is 5.17. The Hall–Kier alpha value is -2.17. The molecule has 2 aliphatic carbocycles. The highest BCUT2D eigenvalue weighted by molar-refractivity contribution is 5.90. The van der Waals surface area contributed by atoms with E-state index in [9.17, 15) is 14.9 Å². The number of nitro benzene ring substituents is 1. The summed E-state index contributed by atoms with van der Waals surface area (Å²) >= 11 is 0. The van der Waals surface area contributed by atoms with Gasteiger partial charge in [0.1, 0.15) is 5.76 Å². The van der Waals surface area contributed by atoms with Crippen LogP contribution in [0.2, 0.25) is 0 Å². The van der Waals surface area contributed by atoms with Gasteiger partial charge >= 0.3 is 5.97 Å². The standard InChI is InChI=1S/C21H27NO4/c1-21(2,3)16-9-12-18-15(13-16)5-4-6-19(18)26-20(23)14-7-10-17(11-8-14)22(24)25/h7-8,10-11,15-16H,4-6,9,12-13H2,1-3H3. The lowest BCUT2D eigenvalue weighted by Gasteiger charge is -2.41. The van der Waals surface area contributed by atoms with E-state index in [4.69, 9.17) is 4.74 Å². The van der Waals surface area contributed by atoms with Gasteiger partial charge < -0.3 is 4.74 Å². The Morgan fingerprint density at radius 2 is 1.85 bits per heavy atom. The Balaban J connectivity index is 1.73. The van der Waals surface area contributed by atoms with Crippen LogP contribution in [-0.4, -0.2) is 10.9 Å². The molecular weight excluding hydrogens is 330 g/mol. The number of nitro groups is 1. The summed E-state index contributed by atoms with van der Waals surface area (Å²) in [6.07, 6.45) is 6.37. The molecule has 0 saturated heterocycles. The number of hydrogen-bond acceptors (Lipinski definition) is 4. The van der Waals surface area contributed by atoms with Crippen LogP contribution in [0.25, 0.3) is 0 Å². The summed E-state index contributed by atoms with van der Waals surface area (Å²) in [4.78, 5) is 22.7. The van der Waals surface area contributed by atoms with Crippen molar-refractivity contribution in [3.8, 4) is 0 Å². The molecule has 2 aliphatic rings. The van der Waals surface area contributed by atoms with Crippen LogP contribution < -0.4 is 0 Å². The van der Waals surface area contributed by atoms with Gasteiger partial charge in [0.05, 0.1) is 10.5 Å². The van der Waals surface area contributed by atoms with E-state index in [0.717, 1.165) is 31.4 Å². The largest absolute Gasteiger partial charge is 0.428 e. The number of hydrogen-bond donors (Lipinski definition) is 0. The summed E-state index contributed by atoms with van der Waals surface area (Å²) in [7, 11) is 0. The molecule has 0 aliphatic heterocycles. The van der Waals surface area contributed by atoms with E-state index < -0.39 is 10.9 Å². The molecule has 0 radical (unpaired) electrons. The van der Waals surface area contributed by atoms with Crippen molar-refractivity contribution in [1.29, 1.82) is 0 Å². The minimum absolute atomic E-state index is 0.0261. The number of carbonyl (C=O) groups excluding carboxylic acids is 1. The van der Waals surface area contributed by atoms with Crippen molar-refractivity contribution >= 4 is 11.7 Å². The first-order valence-corrected chi connectivity index (χ1v) is 9.44. The van der Waals surface area contributed by atoms with Crippen molar-refractivity contribution in [2.75, 3.05) is 0 Å². The summed E-state index contributed by atoms with van der Waals surface area (Å²) in [6.45, 7) is 6.93. The Morgan fingerprint density at radius 1 is 1.15 bits per heavy atom. The third-order valence-electron chi connectivity index (χ3n) is 5.89. The first-order valence-electron chi connectivity index (χ1n) is 9.44. The maximum Gasteiger partial charge on any atom is 0.343 e. The smallest absolute Gasteiger partial charge is 0.343 e. The van der Waals surface area contributed by atoms with Crippen LogP contribution in [0, 0.1) is 27.4 Å². The molecule has 0 N–H and O–H groups in total. The van der Waals surface area contributed by atoms with Crippen molar-refractivity contribution in [2.45, 2.75) is 59.3 Å². The highest BCUT2D eigenvalue weighted by atomic mass is 16.6. The van der Waals surface area contributed by atoms with Crippen LogP contribution in [0.4, 0.5) is 5.69 Å². The fourth-order valence-electron chi connectivity index (χ4n) is 4.26. The highest BCUT2D eigenvalue weighted by Crippen LogP contribution is 2.47. The predicted octanol–water partition coefficient (Wildman–Crippen LogP) is 5.65. The van der Waals surface area contributed by atoms with Gasteiger partial charge in [0.15, 0.2) is 0 Å². The zero-order valence-corrected chi connectivity index (χ0v) is 15.8. The number of rotatable bonds is 3. The van der Waals surface area contributed by atoms with Crippen LogP contribution in [0.15, 0.2) is 35.6 Å². The van der Waals surface area contributed by atoms with E-state index in [-0.39, 0.29) is 5.69 Å². The molecule has 0 spiro atoms. The zero-order valence-electron chi connectivity index (χ0n) is 15.8. The lowest BCUT2D eigenvalue weighted by Crippen LogP contribution is -2.30. The van der Waals surface area contributed by atoms with Gasteiger partial charge in [-0.15, -0.1) is 0 Å². The molecule has 3 rings (SSSR count). The summed E-state index contributed by atoms with van der Waals surface area (Å²) in [5.74, 6) is 1.67. The quantitative estimate of drug-likeness (QED) is 0.398. The molecule has 1 aromatic rings. The fourth-order valence-corrected chi connectivity index (χ4v) is 4.26. The molecule has 26 heavy (non-hydrogen) atoms. The minimum Gasteiger partial charge on any atom is -0.428 e. The van der Waals surface area contributed by atoms with Gasteiger partial charge in [-0.2, -0.15) is 0 Å². The summed E-state index contributed by atoms with van der Waals surface area (Å²) < 4.78 is 5.74. The SMILES string of the molecule is CC(C)(C)C1CCC2=C(OC(=O)c3ccc([N+](=O)[O-])cc3)CCCC2C1. The highest BCUT2D eigenvalue weighted by Gasteiger charge is 2.36. The molecule has 1 fully saturated rings. The van der Waals surface area contributed by atoms with Gasteiger partial charge in [-0.25, -0.2) is 4.79 Å². The molecule has 5 heteroatoms. The molecule has 0 aromatic heterocycles. The molecule has 5 nitrogen and oxygen atoms in total. The number of allylic oxidation sites excluding steroid dienone is 2. The second-order valence-electron chi connectivity index (χ2n) is 8.57. The predicted molar refractivity (Wildman–Crippen MR) is 99.7 cm³/mol. The number of nitrogens with zero attached hydrogens (tertiary/aromatic N) is 1. The van der Waals surface area contributed by atoms with Crippen LogP contribution >= 0.6 is 0 Å². The van der Waals surface area contributed by atoms with E-state index in [1.54, 1.807) is 0 Å². The molecule has 1 saturated carbocycles. The van der Waals surface area contributed by atoms with Gasteiger partial charge in [-0.05, 0) is 67.1 Å². The lowest BCUT2D eigenvalue weighted by molar-refractivity contribution is -0.384. The molecular formula is C21H27NO4. The van der Waals surface area contributed by atoms with Gasteiger partial charge in [0, 0.05) is 18.6 Å². The normalized spacial score (nSPS) is 23.3. The van der Waals surface area contributed by atoms with E-state index >= 15 is 0 Å². The second kappa shape index (κ2) is 7.22. The first kappa shape index (κ1) is 18.6. The van der Waals surface area contributed by atoms with E-state index in [1.807, 2.05) is 0 Å². The topological polar surface area (TPSA) is 69.4 Å². The van der Waals surface area contributed by atoms with Crippen LogP contribution in [-0.2, 0) is 4.74 Å². The maximum atomic E-state index is 12.5. The first-order chi connectivity index (χ1) is 12.3. The average molecular weight is 357 g/mol. The van der Waals surface area contributed by atoms with Crippen molar-refractivity contribution in [3.63, 3.8) is 0 Å². The van der Waals surface area contributed by atoms with E-state index in [1.165, 1.54) is 42.7 Å². The molecule has 1 aromatic carbocycles. The second-order valence-corrected chi connectivity index (χ2v) is 8.57. The Labute approximate surface area is 154 Å². The molecule has 2 atom stereocenters. The number of carbonyl (C=O) groups is 1. The van der Waals surface area contributed by atoms with Crippen LogP contribution in [0.5, 0.6) is 0 Å². The minimum atomic E-state index is -0.473. The van der Waals surface area contributed by atoms with E-state index in [2.05, 4.69) is 20.8 Å². The molecule has 2 unspecified atom stereocenters. The number of ether oxygens (including phenoxy) is 1. The Morgan fingerprint density at radius 3 is 2.46 bits per heavy atom. The number of non-ortho nitro benzene ring substituents is 1. The van der Waals surface area contributed by atoms with Crippen molar-refractivity contribution in [3.05, 3.63) is 51.3 Å². The molecule has 0 heterocycles. The molecule has 0 amide bonds. The average Bonchev–Trinajstić information content (AvgIpc) is 2.60. The lowest BCUT2D eigenvalue weighted by atomic mass is 9.65. The molecule has 140 valence electrons. The van der Waals surface area contributed by atoms with Crippen molar-refractivity contribution < 1.29 is 14.5 Å². The van der Waals surface area contributed by atoms with Crippen molar-refractivity contribution in [2.24, 2.45) is 17.3 Å². The monoisotopic (exact) mass is 357 g/mol. The third-order valence-corrected chi connectivity index (χ3v) is 5.89. The molecule has 0 bridgehead atoms. The van der Waals surface area contributed by atoms with Gasteiger partial charge in [0.25, 0.3) is 5.69 Å². The van der Waals surface area contributed by atoms with E-state index in [0.29, 0.717) is 22.8 Å². The van der Waals surface area contributed by atoms with Crippen LogP contribution in [0.1, 0.15) is 69.7 Å². The van der Waals surface area contributed by atoms with Gasteiger partial charge in [-0.3, -0.25) is 10.1 Å². The zero-order chi connectivity index (χ0) is 18.9. The number of benzene rings is 1. The number of esters is 1. The maximum absolute atomic E-state index is 12.5. The summed E-state index contributed by atoms with van der Waals surface area (Å²) in [6, 6.07) is 5.60. The van der Waals surface area contributed by atoms with Gasteiger partial charge in [0.2, 0.25) is 0 Å². The summed E-state index contributed by atoms with van der Waals surface area (Å²) in [5, 5.41) is 10.7.